The third kappa shape index (κ3) is 2.71. The second kappa shape index (κ2) is 5.09. The maximum absolute atomic E-state index is 12.0. The van der Waals surface area contributed by atoms with Gasteiger partial charge in [0, 0.05) is 14.1 Å². The van der Waals surface area contributed by atoms with Crippen LogP contribution >= 0.6 is 0 Å². The zero-order valence-corrected chi connectivity index (χ0v) is 10.5. The number of carbonyl (C=O) groups excluding carboxylic acids is 1. The van der Waals surface area contributed by atoms with Gasteiger partial charge >= 0.3 is 0 Å². The van der Waals surface area contributed by atoms with Gasteiger partial charge in [0.2, 0.25) is 16.1 Å². The Balaban J connectivity index is 3.49. The first kappa shape index (κ1) is 13.4. The molecular weight excluding hydrogens is 244 g/mol. The number of aliphatic imine (C=N–C) groups is 1. The summed E-state index contributed by atoms with van der Waals surface area (Å²) >= 11 is 0. The minimum atomic E-state index is -3.64. The predicted molar refractivity (Wildman–Crippen MR) is 61.6 cm³/mol. The molecular formula is C10H12N2O4S. The molecule has 0 saturated heterocycles. The zero-order chi connectivity index (χ0) is 13.1. The summed E-state index contributed by atoms with van der Waals surface area (Å²) in [6.45, 7) is 0. The van der Waals surface area contributed by atoms with E-state index in [-0.39, 0.29) is 16.3 Å². The highest BCUT2D eigenvalue weighted by Gasteiger charge is 2.22. The monoisotopic (exact) mass is 256 g/mol. The van der Waals surface area contributed by atoms with E-state index in [1.165, 1.54) is 45.5 Å². The van der Waals surface area contributed by atoms with Gasteiger partial charge in [-0.2, -0.15) is 4.99 Å². The second-order valence-electron chi connectivity index (χ2n) is 3.33. The summed E-state index contributed by atoms with van der Waals surface area (Å²) in [5.41, 5.74) is 0.209. The van der Waals surface area contributed by atoms with Crippen LogP contribution in [0.25, 0.3) is 0 Å². The summed E-state index contributed by atoms with van der Waals surface area (Å²) < 4.78 is 30.0. The topological polar surface area (TPSA) is 76.0 Å². The summed E-state index contributed by atoms with van der Waals surface area (Å²) in [6, 6.07) is 4.17. The van der Waals surface area contributed by atoms with Gasteiger partial charge < -0.3 is 4.74 Å². The average molecular weight is 256 g/mol. The van der Waals surface area contributed by atoms with Crippen LogP contribution in [0.5, 0.6) is 5.75 Å². The van der Waals surface area contributed by atoms with Crippen LogP contribution in [-0.2, 0) is 14.8 Å². The quantitative estimate of drug-likeness (QED) is 0.592. The highest BCUT2D eigenvalue weighted by Crippen LogP contribution is 2.29. The van der Waals surface area contributed by atoms with E-state index in [1.54, 1.807) is 0 Å². The minimum Gasteiger partial charge on any atom is -0.495 e. The Morgan fingerprint density at radius 1 is 1.35 bits per heavy atom. The number of isocyanates is 1. The lowest BCUT2D eigenvalue weighted by Gasteiger charge is -2.14. The Morgan fingerprint density at radius 2 is 2.00 bits per heavy atom. The first-order valence-corrected chi connectivity index (χ1v) is 6.06. The number of rotatable bonds is 4. The molecule has 1 aromatic rings. The third-order valence-corrected chi connectivity index (χ3v) is 3.92. The van der Waals surface area contributed by atoms with E-state index >= 15 is 0 Å². The fourth-order valence-corrected chi connectivity index (χ4v) is 2.25. The summed E-state index contributed by atoms with van der Waals surface area (Å²) in [5.74, 6) is 0.198. The molecule has 0 heterocycles. The van der Waals surface area contributed by atoms with E-state index in [4.69, 9.17) is 4.74 Å². The lowest BCUT2D eigenvalue weighted by molar-refractivity contribution is 0.400. The van der Waals surface area contributed by atoms with Crippen LogP contribution in [-0.4, -0.2) is 40.0 Å². The minimum absolute atomic E-state index is 0.0403. The van der Waals surface area contributed by atoms with Gasteiger partial charge in [-0.15, -0.1) is 0 Å². The van der Waals surface area contributed by atoms with E-state index in [2.05, 4.69) is 4.99 Å². The van der Waals surface area contributed by atoms with Crippen LogP contribution in [0.4, 0.5) is 5.69 Å². The van der Waals surface area contributed by atoms with Gasteiger partial charge in [-0.25, -0.2) is 17.5 Å². The SMILES string of the molecule is COc1ccc(N=C=O)cc1S(=O)(=O)N(C)C. The van der Waals surface area contributed by atoms with Crippen molar-refractivity contribution in [3.05, 3.63) is 18.2 Å². The smallest absolute Gasteiger partial charge is 0.246 e. The summed E-state index contributed by atoms with van der Waals surface area (Å²) in [7, 11) is 0.540. The van der Waals surface area contributed by atoms with Gasteiger partial charge in [-0.05, 0) is 18.2 Å². The molecule has 0 N–H and O–H groups in total. The van der Waals surface area contributed by atoms with E-state index in [0.717, 1.165) is 4.31 Å². The van der Waals surface area contributed by atoms with Crippen LogP contribution in [0, 0.1) is 0 Å². The highest BCUT2D eigenvalue weighted by atomic mass is 32.2. The van der Waals surface area contributed by atoms with Gasteiger partial charge in [0.25, 0.3) is 0 Å². The number of nitrogens with zero attached hydrogens (tertiary/aromatic N) is 2. The van der Waals surface area contributed by atoms with Crippen LogP contribution in [0.3, 0.4) is 0 Å². The van der Waals surface area contributed by atoms with Crippen LogP contribution < -0.4 is 4.74 Å². The van der Waals surface area contributed by atoms with Crippen molar-refractivity contribution < 1.29 is 17.9 Å². The molecule has 0 fully saturated rings. The largest absolute Gasteiger partial charge is 0.495 e. The molecule has 0 aliphatic heterocycles. The van der Waals surface area contributed by atoms with E-state index < -0.39 is 10.0 Å². The zero-order valence-electron chi connectivity index (χ0n) is 9.67. The van der Waals surface area contributed by atoms with Crippen molar-refractivity contribution in [2.45, 2.75) is 4.90 Å². The van der Waals surface area contributed by atoms with Crippen LogP contribution in [0.15, 0.2) is 28.1 Å². The molecule has 1 rings (SSSR count). The Kier molecular flexibility index (Phi) is 4.01. The van der Waals surface area contributed by atoms with E-state index in [1.807, 2.05) is 0 Å². The Hall–Kier alpha value is -1.69. The Bertz CT molecular complexity index is 560. The molecule has 7 heteroatoms. The van der Waals surface area contributed by atoms with Crippen molar-refractivity contribution in [2.24, 2.45) is 4.99 Å². The summed E-state index contributed by atoms with van der Waals surface area (Å²) in [4.78, 5) is 13.5. The van der Waals surface area contributed by atoms with Crippen molar-refractivity contribution in [1.29, 1.82) is 0 Å². The lowest BCUT2D eigenvalue weighted by atomic mass is 10.3. The molecule has 0 aliphatic rings. The van der Waals surface area contributed by atoms with Crippen LogP contribution in [0.1, 0.15) is 0 Å². The predicted octanol–water partition coefficient (Wildman–Crippen LogP) is 0.913. The second-order valence-corrected chi connectivity index (χ2v) is 5.45. The number of ether oxygens (including phenoxy) is 1. The first-order valence-electron chi connectivity index (χ1n) is 4.62. The molecule has 0 aromatic heterocycles. The van der Waals surface area contributed by atoms with Gasteiger partial charge in [0.1, 0.15) is 10.6 Å². The standard InChI is InChI=1S/C10H12N2O4S/c1-12(2)17(14,15)10-6-8(11-7-13)4-5-9(10)16-3/h4-6H,1-3H3. The Labute approximate surface area is 99.6 Å². The normalized spacial score (nSPS) is 11.1. The van der Waals surface area contributed by atoms with Gasteiger partial charge in [0.15, 0.2) is 0 Å². The van der Waals surface area contributed by atoms with Crippen molar-refractivity contribution in [3.8, 4) is 5.75 Å². The van der Waals surface area contributed by atoms with Crippen molar-refractivity contribution in [1.82, 2.24) is 4.31 Å². The lowest BCUT2D eigenvalue weighted by Crippen LogP contribution is -2.22. The molecule has 0 unspecified atom stereocenters. The number of hydrogen-bond donors (Lipinski definition) is 0. The molecule has 17 heavy (non-hydrogen) atoms. The van der Waals surface area contributed by atoms with Crippen LogP contribution in [0.2, 0.25) is 0 Å². The van der Waals surface area contributed by atoms with Gasteiger partial charge in [-0.1, -0.05) is 0 Å². The molecule has 0 bridgehead atoms. The molecule has 0 amide bonds. The number of hydrogen-bond acceptors (Lipinski definition) is 5. The summed E-state index contributed by atoms with van der Waals surface area (Å²) in [5, 5.41) is 0. The maximum atomic E-state index is 12.0. The van der Waals surface area contributed by atoms with E-state index in [0.29, 0.717) is 0 Å². The molecule has 92 valence electrons. The maximum Gasteiger partial charge on any atom is 0.246 e. The van der Waals surface area contributed by atoms with Gasteiger partial charge in [-0.3, -0.25) is 0 Å². The fraction of sp³-hybridized carbons (Fsp3) is 0.300. The van der Waals surface area contributed by atoms with Crippen molar-refractivity contribution in [2.75, 3.05) is 21.2 Å². The molecule has 1 aromatic carbocycles. The Morgan fingerprint density at radius 3 is 2.47 bits per heavy atom. The van der Waals surface area contributed by atoms with Crippen molar-refractivity contribution in [3.63, 3.8) is 0 Å². The fourth-order valence-electron chi connectivity index (χ4n) is 1.19. The molecule has 0 radical (unpaired) electrons. The number of sulfonamides is 1. The highest BCUT2D eigenvalue weighted by molar-refractivity contribution is 7.89. The molecule has 0 spiro atoms. The molecule has 0 atom stereocenters. The number of methoxy groups -OCH3 is 1. The first-order chi connectivity index (χ1) is 7.93. The molecule has 0 saturated carbocycles. The average Bonchev–Trinajstić information content (AvgIpc) is 2.29. The molecule has 0 aliphatic carbocycles. The van der Waals surface area contributed by atoms with Crippen molar-refractivity contribution >= 4 is 21.8 Å². The number of benzene rings is 1. The summed E-state index contributed by atoms with van der Waals surface area (Å²) in [6.07, 6.45) is 1.36. The van der Waals surface area contributed by atoms with E-state index in [9.17, 15) is 13.2 Å². The molecule has 6 nitrogen and oxygen atoms in total. The van der Waals surface area contributed by atoms with Gasteiger partial charge in [0.05, 0.1) is 12.8 Å². The third-order valence-electron chi connectivity index (χ3n) is 2.08.